The first-order valence-corrected chi connectivity index (χ1v) is 5.04. The van der Waals surface area contributed by atoms with E-state index in [9.17, 15) is 5.11 Å². The summed E-state index contributed by atoms with van der Waals surface area (Å²) in [5.41, 5.74) is 2.68. The molecule has 0 unspecified atom stereocenters. The van der Waals surface area contributed by atoms with Crippen molar-refractivity contribution in [2.45, 2.75) is 45.6 Å². The Kier molecular flexibility index (Phi) is 1.99. The number of aliphatic hydroxyl groups is 1. The minimum absolute atomic E-state index is 0.0949. The van der Waals surface area contributed by atoms with Crippen molar-refractivity contribution in [2.75, 3.05) is 0 Å². The standard InChI is InChI=1S/C11H18O/c1-7(2)10-6-8-4-3-5-9(8)11(10)12/h8-9,11-12H,3-6H2,1-2H3/t8-,9-,11+/m1/s1. The average molecular weight is 166 g/mol. The quantitative estimate of drug-likeness (QED) is 0.548. The van der Waals surface area contributed by atoms with Gasteiger partial charge in [0.1, 0.15) is 0 Å². The lowest BCUT2D eigenvalue weighted by Crippen LogP contribution is -2.15. The summed E-state index contributed by atoms with van der Waals surface area (Å²) >= 11 is 0. The Balaban J connectivity index is 2.21. The molecular formula is C11H18O. The summed E-state index contributed by atoms with van der Waals surface area (Å²) in [6, 6.07) is 0. The molecule has 0 aromatic carbocycles. The Hall–Kier alpha value is -0.300. The fourth-order valence-electron chi connectivity index (χ4n) is 2.90. The highest BCUT2D eigenvalue weighted by atomic mass is 16.3. The second-order valence-electron chi connectivity index (χ2n) is 4.53. The lowest BCUT2D eigenvalue weighted by atomic mass is 9.99. The molecule has 1 N–H and O–H groups in total. The number of rotatable bonds is 0. The first kappa shape index (κ1) is 8.31. The van der Waals surface area contributed by atoms with Crippen molar-refractivity contribution >= 4 is 0 Å². The Morgan fingerprint density at radius 1 is 1.33 bits per heavy atom. The topological polar surface area (TPSA) is 20.2 Å². The van der Waals surface area contributed by atoms with Gasteiger partial charge in [0.05, 0.1) is 6.10 Å². The third-order valence-electron chi connectivity index (χ3n) is 3.60. The molecule has 68 valence electrons. The molecule has 12 heavy (non-hydrogen) atoms. The molecule has 0 spiro atoms. The summed E-state index contributed by atoms with van der Waals surface area (Å²) in [6.07, 6.45) is 5.01. The van der Waals surface area contributed by atoms with E-state index in [1.165, 1.54) is 36.8 Å². The zero-order valence-corrected chi connectivity index (χ0v) is 8.01. The lowest BCUT2D eigenvalue weighted by molar-refractivity contribution is 0.151. The zero-order valence-electron chi connectivity index (χ0n) is 8.01. The lowest BCUT2D eigenvalue weighted by Gasteiger charge is -2.13. The minimum Gasteiger partial charge on any atom is -0.388 e. The van der Waals surface area contributed by atoms with Crippen LogP contribution in [0, 0.1) is 11.8 Å². The predicted molar refractivity (Wildman–Crippen MR) is 49.8 cm³/mol. The van der Waals surface area contributed by atoms with Crippen molar-refractivity contribution in [3.63, 3.8) is 0 Å². The van der Waals surface area contributed by atoms with Gasteiger partial charge in [-0.05, 0) is 50.5 Å². The van der Waals surface area contributed by atoms with Crippen LogP contribution in [0.5, 0.6) is 0 Å². The fourth-order valence-corrected chi connectivity index (χ4v) is 2.90. The van der Waals surface area contributed by atoms with E-state index < -0.39 is 0 Å². The number of hydrogen-bond donors (Lipinski definition) is 1. The van der Waals surface area contributed by atoms with E-state index in [0.29, 0.717) is 5.92 Å². The summed E-state index contributed by atoms with van der Waals surface area (Å²) in [4.78, 5) is 0. The number of allylic oxidation sites excluding steroid dienone is 1. The van der Waals surface area contributed by atoms with Gasteiger partial charge in [-0.3, -0.25) is 0 Å². The van der Waals surface area contributed by atoms with Crippen molar-refractivity contribution in [1.29, 1.82) is 0 Å². The Bertz CT molecular complexity index is 213. The van der Waals surface area contributed by atoms with E-state index >= 15 is 0 Å². The largest absolute Gasteiger partial charge is 0.388 e. The van der Waals surface area contributed by atoms with Gasteiger partial charge in [0.25, 0.3) is 0 Å². The van der Waals surface area contributed by atoms with Crippen LogP contribution in [0.25, 0.3) is 0 Å². The van der Waals surface area contributed by atoms with Gasteiger partial charge in [-0.1, -0.05) is 12.0 Å². The molecule has 0 aliphatic heterocycles. The van der Waals surface area contributed by atoms with Crippen molar-refractivity contribution in [2.24, 2.45) is 11.8 Å². The Morgan fingerprint density at radius 2 is 2.08 bits per heavy atom. The maximum absolute atomic E-state index is 9.97. The molecule has 0 bridgehead atoms. The van der Waals surface area contributed by atoms with E-state index in [-0.39, 0.29) is 6.10 Å². The first-order valence-electron chi connectivity index (χ1n) is 5.04. The highest BCUT2D eigenvalue weighted by molar-refractivity contribution is 5.22. The summed E-state index contributed by atoms with van der Waals surface area (Å²) < 4.78 is 0. The van der Waals surface area contributed by atoms with Crippen LogP contribution in [-0.2, 0) is 0 Å². The van der Waals surface area contributed by atoms with Crippen molar-refractivity contribution in [3.8, 4) is 0 Å². The normalized spacial score (nSPS) is 40.2. The maximum Gasteiger partial charge on any atom is 0.0783 e. The van der Waals surface area contributed by atoms with Crippen LogP contribution >= 0.6 is 0 Å². The molecule has 0 radical (unpaired) electrons. The smallest absolute Gasteiger partial charge is 0.0783 e. The number of hydrogen-bond acceptors (Lipinski definition) is 1. The van der Waals surface area contributed by atoms with Gasteiger partial charge >= 0.3 is 0 Å². The van der Waals surface area contributed by atoms with Crippen molar-refractivity contribution < 1.29 is 5.11 Å². The van der Waals surface area contributed by atoms with Gasteiger partial charge < -0.3 is 5.11 Å². The van der Waals surface area contributed by atoms with Crippen LogP contribution in [0.4, 0.5) is 0 Å². The average Bonchev–Trinajstić information content (AvgIpc) is 2.53. The minimum atomic E-state index is -0.0949. The van der Waals surface area contributed by atoms with Gasteiger partial charge in [0, 0.05) is 0 Å². The van der Waals surface area contributed by atoms with E-state index in [0.717, 1.165) is 5.92 Å². The van der Waals surface area contributed by atoms with Gasteiger partial charge in [-0.15, -0.1) is 0 Å². The molecule has 1 nitrogen and oxygen atoms in total. The summed E-state index contributed by atoms with van der Waals surface area (Å²) in [5, 5.41) is 9.97. The third kappa shape index (κ3) is 1.11. The van der Waals surface area contributed by atoms with Gasteiger partial charge in [0.2, 0.25) is 0 Å². The van der Waals surface area contributed by atoms with Crippen LogP contribution in [0.2, 0.25) is 0 Å². The zero-order chi connectivity index (χ0) is 8.72. The summed E-state index contributed by atoms with van der Waals surface area (Å²) in [6.45, 7) is 4.25. The molecule has 0 heterocycles. The summed E-state index contributed by atoms with van der Waals surface area (Å²) in [7, 11) is 0. The van der Waals surface area contributed by atoms with Gasteiger partial charge in [-0.25, -0.2) is 0 Å². The molecule has 0 saturated heterocycles. The molecule has 0 aromatic heterocycles. The SMILES string of the molecule is CC(C)=C1C[C@H]2CCC[C@H]2[C@@H]1O. The van der Waals surface area contributed by atoms with Gasteiger partial charge in [-0.2, -0.15) is 0 Å². The van der Waals surface area contributed by atoms with Crippen LogP contribution in [0.1, 0.15) is 39.5 Å². The molecule has 3 atom stereocenters. The molecule has 2 aliphatic carbocycles. The van der Waals surface area contributed by atoms with Gasteiger partial charge in [0.15, 0.2) is 0 Å². The highest BCUT2D eigenvalue weighted by Gasteiger charge is 2.41. The first-order chi connectivity index (χ1) is 5.70. The molecule has 2 aliphatic rings. The summed E-state index contributed by atoms with van der Waals surface area (Å²) in [5.74, 6) is 1.42. The molecule has 0 amide bonds. The van der Waals surface area contributed by atoms with E-state index in [2.05, 4.69) is 13.8 Å². The number of fused-ring (bicyclic) bond motifs is 1. The molecule has 2 saturated carbocycles. The van der Waals surface area contributed by atoms with E-state index in [4.69, 9.17) is 0 Å². The van der Waals surface area contributed by atoms with Crippen LogP contribution in [-0.4, -0.2) is 11.2 Å². The van der Waals surface area contributed by atoms with E-state index in [1.807, 2.05) is 0 Å². The molecule has 2 fully saturated rings. The maximum atomic E-state index is 9.97. The predicted octanol–water partition coefficient (Wildman–Crippen LogP) is 2.50. The Labute approximate surface area is 74.5 Å². The molecule has 0 aromatic rings. The number of aliphatic hydroxyl groups excluding tert-OH is 1. The molecule has 2 rings (SSSR count). The van der Waals surface area contributed by atoms with Crippen LogP contribution in [0.15, 0.2) is 11.1 Å². The molecular weight excluding hydrogens is 148 g/mol. The molecule has 1 heteroatoms. The fraction of sp³-hybridized carbons (Fsp3) is 0.818. The third-order valence-corrected chi connectivity index (χ3v) is 3.60. The van der Waals surface area contributed by atoms with Crippen LogP contribution in [0.3, 0.4) is 0 Å². The monoisotopic (exact) mass is 166 g/mol. The Morgan fingerprint density at radius 3 is 2.67 bits per heavy atom. The second kappa shape index (κ2) is 2.88. The van der Waals surface area contributed by atoms with E-state index in [1.54, 1.807) is 0 Å². The second-order valence-corrected chi connectivity index (χ2v) is 4.53. The van der Waals surface area contributed by atoms with Crippen molar-refractivity contribution in [1.82, 2.24) is 0 Å². The van der Waals surface area contributed by atoms with Crippen molar-refractivity contribution in [3.05, 3.63) is 11.1 Å². The van der Waals surface area contributed by atoms with Crippen LogP contribution < -0.4 is 0 Å². The highest BCUT2D eigenvalue weighted by Crippen LogP contribution is 2.47.